The molecule has 0 bridgehead atoms. The molecule has 3 nitrogen and oxygen atoms in total. The molecule has 2 heterocycles. The summed E-state index contributed by atoms with van der Waals surface area (Å²) in [5, 5.41) is 10.1. The van der Waals surface area contributed by atoms with E-state index in [0.29, 0.717) is 0 Å². The van der Waals surface area contributed by atoms with Crippen molar-refractivity contribution in [2.24, 2.45) is 5.92 Å². The lowest BCUT2D eigenvalue weighted by atomic mass is 10.00. The average Bonchev–Trinajstić information content (AvgIpc) is 2.72. The van der Waals surface area contributed by atoms with Crippen LogP contribution in [-0.2, 0) is 6.54 Å². The Labute approximate surface area is 88.9 Å². The van der Waals surface area contributed by atoms with Gasteiger partial charge in [0.25, 0.3) is 0 Å². The van der Waals surface area contributed by atoms with Crippen LogP contribution in [0, 0.1) is 5.92 Å². The van der Waals surface area contributed by atoms with Crippen LogP contribution in [0.1, 0.15) is 17.8 Å². The normalized spacial score (nSPS) is 22.4. The van der Waals surface area contributed by atoms with E-state index in [9.17, 15) is 0 Å². The van der Waals surface area contributed by atoms with E-state index < -0.39 is 0 Å². The molecule has 14 heavy (non-hydrogen) atoms. The second-order valence-corrected chi connectivity index (χ2v) is 4.75. The lowest BCUT2D eigenvalue weighted by molar-refractivity contribution is 0.360. The van der Waals surface area contributed by atoms with Gasteiger partial charge in [-0.1, -0.05) is 0 Å². The summed E-state index contributed by atoms with van der Waals surface area (Å²) in [5.74, 6) is 0.809. The number of rotatable bonds is 4. The van der Waals surface area contributed by atoms with Crippen LogP contribution >= 0.6 is 11.3 Å². The maximum Gasteiger partial charge on any atom is 0.106 e. The summed E-state index contributed by atoms with van der Waals surface area (Å²) in [5.41, 5.74) is 0. The van der Waals surface area contributed by atoms with Crippen LogP contribution in [0.25, 0.3) is 0 Å². The van der Waals surface area contributed by atoms with Gasteiger partial charge in [0.15, 0.2) is 0 Å². The molecule has 1 unspecified atom stereocenters. The fourth-order valence-corrected chi connectivity index (χ4v) is 2.41. The molecule has 1 atom stereocenters. The Kier molecular flexibility index (Phi) is 3.91. The van der Waals surface area contributed by atoms with E-state index in [1.54, 1.807) is 11.3 Å². The predicted octanol–water partition coefficient (Wildman–Crippen LogP) is 1.23. The lowest BCUT2D eigenvalue weighted by Gasteiger charge is -2.22. The van der Waals surface area contributed by atoms with Crippen molar-refractivity contribution in [1.29, 1.82) is 0 Å². The zero-order valence-electron chi connectivity index (χ0n) is 8.33. The molecule has 0 aliphatic carbocycles. The molecule has 0 spiro atoms. The number of nitrogens with zero attached hydrogens (tertiary/aromatic N) is 1. The van der Waals surface area contributed by atoms with Gasteiger partial charge in [0.1, 0.15) is 5.01 Å². The number of thiazole rings is 1. The standard InChI is InChI=1S/C10H17N3S/c1-2-9(6-11-3-1)7-12-8-10-13-4-5-14-10/h4-5,9,11-12H,1-3,6-8H2. The van der Waals surface area contributed by atoms with Crippen molar-refractivity contribution >= 4 is 11.3 Å². The van der Waals surface area contributed by atoms with Crippen molar-refractivity contribution in [2.45, 2.75) is 19.4 Å². The molecule has 0 amide bonds. The van der Waals surface area contributed by atoms with Gasteiger partial charge in [-0.05, 0) is 38.4 Å². The van der Waals surface area contributed by atoms with Gasteiger partial charge in [-0.3, -0.25) is 0 Å². The average molecular weight is 211 g/mol. The molecule has 2 rings (SSSR count). The van der Waals surface area contributed by atoms with Gasteiger partial charge < -0.3 is 10.6 Å². The largest absolute Gasteiger partial charge is 0.316 e. The van der Waals surface area contributed by atoms with E-state index in [1.807, 2.05) is 11.6 Å². The summed E-state index contributed by atoms with van der Waals surface area (Å²) < 4.78 is 0. The molecule has 1 aromatic rings. The first-order valence-electron chi connectivity index (χ1n) is 5.25. The van der Waals surface area contributed by atoms with Crippen LogP contribution in [0.5, 0.6) is 0 Å². The lowest BCUT2D eigenvalue weighted by Crippen LogP contribution is -2.35. The van der Waals surface area contributed by atoms with Gasteiger partial charge in [-0.2, -0.15) is 0 Å². The van der Waals surface area contributed by atoms with E-state index >= 15 is 0 Å². The summed E-state index contributed by atoms with van der Waals surface area (Å²) in [7, 11) is 0. The molecular weight excluding hydrogens is 194 g/mol. The summed E-state index contributed by atoms with van der Waals surface area (Å²) in [6.07, 6.45) is 4.55. The molecule has 1 aliphatic heterocycles. The Bertz CT molecular complexity index is 242. The summed E-state index contributed by atoms with van der Waals surface area (Å²) in [6, 6.07) is 0. The third kappa shape index (κ3) is 3.04. The number of hydrogen-bond acceptors (Lipinski definition) is 4. The highest BCUT2D eigenvalue weighted by atomic mass is 32.1. The second-order valence-electron chi connectivity index (χ2n) is 3.77. The first-order chi connectivity index (χ1) is 6.95. The van der Waals surface area contributed by atoms with Gasteiger partial charge in [-0.25, -0.2) is 4.98 Å². The molecular formula is C10H17N3S. The minimum Gasteiger partial charge on any atom is -0.316 e. The van der Waals surface area contributed by atoms with Gasteiger partial charge in [-0.15, -0.1) is 11.3 Å². The van der Waals surface area contributed by atoms with Crippen LogP contribution in [0.2, 0.25) is 0 Å². The molecule has 0 radical (unpaired) electrons. The van der Waals surface area contributed by atoms with Crippen molar-refractivity contribution in [3.63, 3.8) is 0 Å². The molecule has 2 N–H and O–H groups in total. The number of hydrogen-bond donors (Lipinski definition) is 2. The van der Waals surface area contributed by atoms with Crippen molar-refractivity contribution < 1.29 is 0 Å². The minimum atomic E-state index is 0.809. The maximum atomic E-state index is 4.24. The van der Waals surface area contributed by atoms with E-state index in [2.05, 4.69) is 15.6 Å². The van der Waals surface area contributed by atoms with E-state index in [-0.39, 0.29) is 0 Å². The maximum absolute atomic E-state index is 4.24. The molecule has 78 valence electrons. The van der Waals surface area contributed by atoms with Crippen LogP contribution in [-0.4, -0.2) is 24.6 Å². The van der Waals surface area contributed by atoms with Crippen molar-refractivity contribution in [1.82, 2.24) is 15.6 Å². The van der Waals surface area contributed by atoms with Gasteiger partial charge >= 0.3 is 0 Å². The number of nitrogens with one attached hydrogen (secondary N) is 2. The third-order valence-corrected chi connectivity index (χ3v) is 3.37. The SMILES string of the molecule is c1csc(CNCC2CCCNC2)n1. The number of piperidine rings is 1. The fraction of sp³-hybridized carbons (Fsp3) is 0.700. The fourth-order valence-electron chi connectivity index (χ4n) is 1.82. The Morgan fingerprint density at radius 1 is 1.64 bits per heavy atom. The summed E-state index contributed by atoms with van der Waals surface area (Å²) >= 11 is 1.72. The Hall–Kier alpha value is -0.450. The van der Waals surface area contributed by atoms with Gasteiger partial charge in [0, 0.05) is 18.1 Å². The van der Waals surface area contributed by atoms with Crippen molar-refractivity contribution in [3.05, 3.63) is 16.6 Å². The Morgan fingerprint density at radius 2 is 2.64 bits per heavy atom. The Morgan fingerprint density at radius 3 is 3.36 bits per heavy atom. The van der Waals surface area contributed by atoms with Crippen LogP contribution in [0.4, 0.5) is 0 Å². The van der Waals surface area contributed by atoms with Gasteiger partial charge in [0.2, 0.25) is 0 Å². The molecule has 1 fully saturated rings. The first kappa shape index (κ1) is 10.1. The second kappa shape index (κ2) is 5.44. The number of aromatic nitrogens is 1. The first-order valence-corrected chi connectivity index (χ1v) is 6.13. The summed E-state index contributed by atoms with van der Waals surface area (Å²) in [4.78, 5) is 4.24. The topological polar surface area (TPSA) is 37.0 Å². The molecule has 1 aliphatic rings. The smallest absolute Gasteiger partial charge is 0.106 e. The van der Waals surface area contributed by atoms with Crippen LogP contribution in [0.3, 0.4) is 0 Å². The quantitative estimate of drug-likeness (QED) is 0.786. The summed E-state index contributed by atoms with van der Waals surface area (Å²) in [6.45, 7) is 4.41. The molecule has 1 saturated heterocycles. The predicted molar refractivity (Wildman–Crippen MR) is 59.4 cm³/mol. The zero-order valence-corrected chi connectivity index (χ0v) is 9.15. The molecule has 1 aromatic heterocycles. The van der Waals surface area contributed by atoms with Crippen LogP contribution < -0.4 is 10.6 Å². The molecule has 0 saturated carbocycles. The van der Waals surface area contributed by atoms with Crippen molar-refractivity contribution in [3.8, 4) is 0 Å². The van der Waals surface area contributed by atoms with E-state index in [4.69, 9.17) is 0 Å². The highest BCUT2D eigenvalue weighted by Gasteiger charge is 2.11. The highest BCUT2D eigenvalue weighted by Crippen LogP contribution is 2.09. The van der Waals surface area contributed by atoms with Crippen molar-refractivity contribution in [2.75, 3.05) is 19.6 Å². The molecule has 0 aromatic carbocycles. The molecule has 4 heteroatoms. The van der Waals surface area contributed by atoms with Gasteiger partial charge in [0.05, 0.1) is 0 Å². The Balaban J connectivity index is 1.62. The minimum absolute atomic E-state index is 0.809. The van der Waals surface area contributed by atoms with E-state index in [0.717, 1.165) is 19.0 Å². The van der Waals surface area contributed by atoms with Crippen LogP contribution in [0.15, 0.2) is 11.6 Å². The zero-order chi connectivity index (χ0) is 9.64. The third-order valence-electron chi connectivity index (χ3n) is 2.59. The van der Waals surface area contributed by atoms with E-state index in [1.165, 1.54) is 30.9 Å². The monoisotopic (exact) mass is 211 g/mol. The highest BCUT2D eigenvalue weighted by molar-refractivity contribution is 7.09.